The van der Waals surface area contributed by atoms with Crippen LogP contribution in [0.3, 0.4) is 0 Å². The van der Waals surface area contributed by atoms with E-state index in [-0.39, 0.29) is 18.3 Å². The number of halogens is 1. The van der Waals surface area contributed by atoms with Crippen LogP contribution in [0.4, 0.5) is 0 Å². The van der Waals surface area contributed by atoms with Crippen LogP contribution in [0.25, 0.3) is 0 Å². The first-order valence-electron chi connectivity index (χ1n) is 6.29. The largest absolute Gasteiger partial charge is 0.353 e. The van der Waals surface area contributed by atoms with Gasteiger partial charge in [-0.15, -0.1) is 12.4 Å². The van der Waals surface area contributed by atoms with Crippen LogP contribution >= 0.6 is 12.4 Å². The molecule has 0 radical (unpaired) electrons. The number of hydrogen-bond acceptors (Lipinski definition) is 2. The van der Waals surface area contributed by atoms with Crippen molar-refractivity contribution in [2.45, 2.75) is 32.2 Å². The number of piperidine rings is 1. The number of nitrogens with one attached hydrogen (secondary N) is 2. The highest BCUT2D eigenvalue weighted by Crippen LogP contribution is 2.06. The highest BCUT2D eigenvalue weighted by molar-refractivity contribution is 5.85. The number of carbonyl (C=O) groups excluding carboxylic acids is 1. The molecule has 2 N–H and O–H groups in total. The van der Waals surface area contributed by atoms with E-state index in [9.17, 15) is 4.79 Å². The predicted molar refractivity (Wildman–Crippen MR) is 76.2 cm³/mol. The molecule has 0 saturated carbocycles. The zero-order valence-corrected chi connectivity index (χ0v) is 11.6. The highest BCUT2D eigenvalue weighted by Gasteiger charge is 2.15. The number of aryl methyl sites for hydroxylation is 1. The molecule has 0 spiro atoms. The second-order valence-corrected chi connectivity index (χ2v) is 4.75. The van der Waals surface area contributed by atoms with Crippen LogP contribution in [-0.4, -0.2) is 25.0 Å². The van der Waals surface area contributed by atoms with Crippen molar-refractivity contribution in [2.75, 3.05) is 13.1 Å². The van der Waals surface area contributed by atoms with E-state index in [1.165, 1.54) is 5.56 Å². The zero-order chi connectivity index (χ0) is 12.1. The van der Waals surface area contributed by atoms with Crippen LogP contribution in [0.5, 0.6) is 0 Å². The number of amides is 1. The summed E-state index contributed by atoms with van der Waals surface area (Å²) in [5, 5.41) is 6.40. The summed E-state index contributed by atoms with van der Waals surface area (Å²) in [6, 6.07) is 8.50. The average Bonchev–Trinajstić information content (AvgIpc) is 2.33. The van der Waals surface area contributed by atoms with Gasteiger partial charge in [-0.2, -0.15) is 0 Å². The number of benzene rings is 1. The lowest BCUT2D eigenvalue weighted by atomic mass is 10.1. The molecule has 1 amide bonds. The second kappa shape index (κ2) is 7.39. The van der Waals surface area contributed by atoms with Crippen LogP contribution in [-0.2, 0) is 11.2 Å². The molecule has 2 rings (SSSR count). The van der Waals surface area contributed by atoms with Crippen molar-refractivity contribution in [3.8, 4) is 0 Å². The first kappa shape index (κ1) is 15.0. The Morgan fingerprint density at radius 3 is 2.50 bits per heavy atom. The fraction of sp³-hybridized carbons (Fsp3) is 0.500. The monoisotopic (exact) mass is 268 g/mol. The van der Waals surface area contributed by atoms with Crippen molar-refractivity contribution >= 4 is 18.3 Å². The van der Waals surface area contributed by atoms with Gasteiger partial charge in [0.25, 0.3) is 0 Å². The molecule has 3 nitrogen and oxygen atoms in total. The third-order valence-electron chi connectivity index (χ3n) is 3.19. The Labute approximate surface area is 115 Å². The first-order valence-corrected chi connectivity index (χ1v) is 6.29. The summed E-state index contributed by atoms with van der Waals surface area (Å²) in [4.78, 5) is 11.8. The van der Waals surface area contributed by atoms with Gasteiger partial charge in [-0.05, 0) is 38.4 Å². The summed E-state index contributed by atoms with van der Waals surface area (Å²) in [6.45, 7) is 4.07. The maximum atomic E-state index is 11.8. The molecule has 0 bridgehead atoms. The SMILES string of the molecule is Cc1ccc(CC(=O)NC2CCNCC2)cc1.Cl. The Morgan fingerprint density at radius 1 is 1.28 bits per heavy atom. The summed E-state index contributed by atoms with van der Waals surface area (Å²) in [7, 11) is 0. The van der Waals surface area contributed by atoms with Crippen molar-refractivity contribution in [1.82, 2.24) is 10.6 Å². The lowest BCUT2D eigenvalue weighted by molar-refractivity contribution is -0.121. The van der Waals surface area contributed by atoms with Crippen LogP contribution in [0.1, 0.15) is 24.0 Å². The Kier molecular flexibility index (Phi) is 6.16. The molecule has 4 heteroatoms. The molecule has 1 aromatic carbocycles. The summed E-state index contributed by atoms with van der Waals surface area (Å²) in [5.74, 6) is 0.140. The summed E-state index contributed by atoms with van der Waals surface area (Å²) >= 11 is 0. The molecule has 1 heterocycles. The lowest BCUT2D eigenvalue weighted by Gasteiger charge is -2.23. The van der Waals surface area contributed by atoms with E-state index in [1.54, 1.807) is 0 Å². The van der Waals surface area contributed by atoms with Crippen molar-refractivity contribution in [3.05, 3.63) is 35.4 Å². The van der Waals surface area contributed by atoms with Crippen molar-refractivity contribution in [1.29, 1.82) is 0 Å². The summed E-state index contributed by atoms with van der Waals surface area (Å²) in [5.41, 5.74) is 2.31. The predicted octanol–water partition coefficient (Wildman–Crippen LogP) is 1.83. The number of hydrogen-bond donors (Lipinski definition) is 2. The molecule has 0 unspecified atom stereocenters. The second-order valence-electron chi connectivity index (χ2n) is 4.75. The van der Waals surface area contributed by atoms with Crippen LogP contribution in [0.15, 0.2) is 24.3 Å². The quantitative estimate of drug-likeness (QED) is 0.878. The van der Waals surface area contributed by atoms with Crippen LogP contribution < -0.4 is 10.6 Å². The fourth-order valence-corrected chi connectivity index (χ4v) is 2.14. The Morgan fingerprint density at radius 2 is 1.89 bits per heavy atom. The van der Waals surface area contributed by atoms with Gasteiger partial charge in [-0.3, -0.25) is 4.79 Å². The minimum Gasteiger partial charge on any atom is -0.353 e. The Balaban J connectivity index is 0.00000162. The Bertz CT molecular complexity index is 372. The highest BCUT2D eigenvalue weighted by atomic mass is 35.5. The summed E-state index contributed by atoms with van der Waals surface area (Å²) < 4.78 is 0. The molecule has 1 aliphatic rings. The third kappa shape index (κ3) is 4.67. The molecule has 0 atom stereocenters. The Hall–Kier alpha value is -1.06. The molecular formula is C14H21ClN2O. The van der Waals surface area contributed by atoms with E-state index in [4.69, 9.17) is 0 Å². The van der Waals surface area contributed by atoms with Crippen LogP contribution in [0, 0.1) is 6.92 Å². The van der Waals surface area contributed by atoms with Crippen molar-refractivity contribution < 1.29 is 4.79 Å². The van der Waals surface area contributed by atoms with Gasteiger partial charge in [0.15, 0.2) is 0 Å². The lowest BCUT2D eigenvalue weighted by Crippen LogP contribution is -2.43. The molecule has 0 aromatic heterocycles. The molecule has 100 valence electrons. The molecule has 1 aromatic rings. The van der Waals surface area contributed by atoms with Gasteiger partial charge in [-0.1, -0.05) is 29.8 Å². The molecular weight excluding hydrogens is 248 g/mol. The molecule has 18 heavy (non-hydrogen) atoms. The standard InChI is InChI=1S/C14H20N2O.ClH/c1-11-2-4-12(5-3-11)10-14(17)16-13-6-8-15-9-7-13;/h2-5,13,15H,6-10H2,1H3,(H,16,17);1H. The van der Waals surface area contributed by atoms with Gasteiger partial charge < -0.3 is 10.6 Å². The number of rotatable bonds is 3. The maximum Gasteiger partial charge on any atom is 0.224 e. The van der Waals surface area contributed by atoms with E-state index in [2.05, 4.69) is 17.6 Å². The van der Waals surface area contributed by atoms with E-state index < -0.39 is 0 Å². The van der Waals surface area contributed by atoms with E-state index in [0.29, 0.717) is 12.5 Å². The topological polar surface area (TPSA) is 41.1 Å². The molecule has 1 saturated heterocycles. The van der Waals surface area contributed by atoms with Crippen LogP contribution in [0.2, 0.25) is 0 Å². The van der Waals surface area contributed by atoms with Gasteiger partial charge in [-0.25, -0.2) is 0 Å². The van der Waals surface area contributed by atoms with Gasteiger partial charge >= 0.3 is 0 Å². The van der Waals surface area contributed by atoms with E-state index in [0.717, 1.165) is 31.5 Å². The minimum absolute atomic E-state index is 0. The van der Waals surface area contributed by atoms with Gasteiger partial charge in [0.1, 0.15) is 0 Å². The normalized spacial score (nSPS) is 15.8. The fourth-order valence-electron chi connectivity index (χ4n) is 2.14. The maximum absolute atomic E-state index is 11.8. The average molecular weight is 269 g/mol. The van der Waals surface area contributed by atoms with E-state index in [1.807, 2.05) is 24.3 Å². The van der Waals surface area contributed by atoms with Gasteiger partial charge in [0.05, 0.1) is 6.42 Å². The van der Waals surface area contributed by atoms with Gasteiger partial charge in [0.2, 0.25) is 5.91 Å². The van der Waals surface area contributed by atoms with Crippen molar-refractivity contribution in [2.24, 2.45) is 0 Å². The molecule has 1 aliphatic heterocycles. The summed E-state index contributed by atoms with van der Waals surface area (Å²) in [6.07, 6.45) is 2.57. The molecule has 1 fully saturated rings. The van der Waals surface area contributed by atoms with E-state index >= 15 is 0 Å². The molecule has 0 aliphatic carbocycles. The third-order valence-corrected chi connectivity index (χ3v) is 3.19. The van der Waals surface area contributed by atoms with Gasteiger partial charge in [0, 0.05) is 6.04 Å². The number of carbonyl (C=O) groups is 1. The smallest absolute Gasteiger partial charge is 0.224 e. The first-order chi connectivity index (χ1) is 8.24. The van der Waals surface area contributed by atoms with Crippen molar-refractivity contribution in [3.63, 3.8) is 0 Å². The minimum atomic E-state index is 0. The zero-order valence-electron chi connectivity index (χ0n) is 10.7.